The predicted octanol–water partition coefficient (Wildman–Crippen LogP) is 9.11. The number of anilines is 1. The summed E-state index contributed by atoms with van der Waals surface area (Å²) in [5.74, 6) is -5.53. The van der Waals surface area contributed by atoms with Crippen molar-refractivity contribution in [2.45, 2.75) is 13.1 Å². The lowest BCUT2D eigenvalue weighted by Gasteiger charge is -2.20. The van der Waals surface area contributed by atoms with Gasteiger partial charge in [-0.25, -0.2) is 14.4 Å². The molecule has 0 radical (unpaired) electrons. The van der Waals surface area contributed by atoms with Crippen LogP contribution in [-0.4, -0.2) is 50.1 Å². The lowest BCUT2D eigenvalue weighted by molar-refractivity contribution is 0.0682. The molecule has 16 nitrogen and oxygen atoms in total. The zero-order valence-corrected chi connectivity index (χ0v) is 36.8. The Hall–Kier alpha value is -8.99. The molecule has 2 heterocycles. The fourth-order valence-electron chi connectivity index (χ4n) is 8.25. The number of nitrogen functional groups attached to an aromatic ring is 1. The van der Waals surface area contributed by atoms with Crippen LogP contribution in [0.5, 0.6) is 5.75 Å². The second kappa shape index (κ2) is 17.7. The Morgan fingerprint density at radius 3 is 2.00 bits per heavy atom. The molecule has 0 unspecified atom stereocenters. The van der Waals surface area contributed by atoms with E-state index in [1.54, 1.807) is 36.4 Å². The molecule has 9 rings (SSSR count). The highest BCUT2D eigenvalue weighted by molar-refractivity contribution is 6.41. The third-order valence-electron chi connectivity index (χ3n) is 11.5. The van der Waals surface area contributed by atoms with Gasteiger partial charge >= 0.3 is 17.9 Å². The fraction of sp³-hybridized carbons (Fsp3) is 0.0392. The van der Waals surface area contributed by atoms with Gasteiger partial charge in [0.2, 0.25) is 0 Å². The van der Waals surface area contributed by atoms with Gasteiger partial charge in [-0.1, -0.05) is 41.4 Å². The lowest BCUT2D eigenvalue weighted by Crippen LogP contribution is -2.24. The van der Waals surface area contributed by atoms with Crippen molar-refractivity contribution in [3.05, 3.63) is 180 Å². The molecule has 2 aliphatic heterocycles. The first kappa shape index (κ1) is 45.2. The highest BCUT2D eigenvalue weighted by Crippen LogP contribution is 2.47. The molecule has 2 aliphatic carbocycles. The van der Waals surface area contributed by atoms with Gasteiger partial charge in [-0.3, -0.25) is 14.4 Å². The van der Waals surface area contributed by atoms with Crippen molar-refractivity contribution in [1.29, 1.82) is 5.41 Å². The average Bonchev–Trinajstić information content (AvgIpc) is 3.31. The van der Waals surface area contributed by atoms with Crippen LogP contribution in [0.15, 0.2) is 129 Å². The van der Waals surface area contributed by atoms with Gasteiger partial charge in [0.05, 0.1) is 49.8 Å². The number of rotatable bonds is 11. The van der Waals surface area contributed by atoms with Gasteiger partial charge in [0.15, 0.2) is 5.43 Å². The van der Waals surface area contributed by atoms with Crippen LogP contribution >= 0.6 is 23.2 Å². The zero-order chi connectivity index (χ0) is 49.0. The van der Waals surface area contributed by atoms with Crippen LogP contribution in [0.4, 0.5) is 5.69 Å². The molecule has 0 spiro atoms. The second-order valence-electron chi connectivity index (χ2n) is 15.7. The molecular weight excluding hydrogens is 931 g/mol. The van der Waals surface area contributed by atoms with Gasteiger partial charge in [0.1, 0.15) is 28.4 Å². The highest BCUT2D eigenvalue weighted by Gasteiger charge is 2.30. The molecule has 2 amide bonds. The lowest BCUT2D eigenvalue weighted by atomic mass is 9.89. The minimum absolute atomic E-state index is 0.0200. The van der Waals surface area contributed by atoms with Crippen LogP contribution in [0, 0.1) is 5.41 Å². The van der Waals surface area contributed by atoms with E-state index in [9.17, 15) is 49.2 Å². The van der Waals surface area contributed by atoms with Gasteiger partial charge in [-0.2, -0.15) is 0 Å². The molecule has 4 aliphatic rings. The normalized spacial score (nSPS) is 11.3. The monoisotopic (exact) mass is 962 g/mol. The van der Waals surface area contributed by atoms with Crippen molar-refractivity contribution in [3.63, 3.8) is 0 Å². The first-order valence-corrected chi connectivity index (χ1v) is 21.3. The van der Waals surface area contributed by atoms with Crippen LogP contribution in [0.1, 0.15) is 62.9 Å². The summed E-state index contributed by atoms with van der Waals surface area (Å²) in [7, 11) is 0. The Morgan fingerprint density at radius 1 is 0.609 bits per heavy atom. The summed E-state index contributed by atoms with van der Waals surface area (Å²) >= 11 is 13.6. The average molecular weight is 964 g/mol. The molecule has 0 bridgehead atoms. The maximum absolute atomic E-state index is 13.7. The number of carboxylic acids is 3. The molecule has 0 saturated carbocycles. The van der Waals surface area contributed by atoms with E-state index in [-0.39, 0.29) is 95.9 Å². The Bertz CT molecular complexity index is 3750. The van der Waals surface area contributed by atoms with Crippen LogP contribution in [-0.2, 0) is 13.1 Å². The van der Waals surface area contributed by atoms with E-state index < -0.39 is 40.7 Å². The number of aromatic hydroxyl groups is 1. The first-order valence-electron chi connectivity index (χ1n) is 20.5. The summed E-state index contributed by atoms with van der Waals surface area (Å²) in [5.41, 5.74) is 7.36. The number of hydrogen-bond acceptors (Lipinski definition) is 11. The Kier molecular flexibility index (Phi) is 11.6. The van der Waals surface area contributed by atoms with Gasteiger partial charge < -0.3 is 51.0 Å². The minimum atomic E-state index is -1.46. The summed E-state index contributed by atoms with van der Waals surface area (Å²) in [6.07, 6.45) is 0. The van der Waals surface area contributed by atoms with Crippen molar-refractivity contribution in [2.24, 2.45) is 0 Å². The van der Waals surface area contributed by atoms with E-state index in [1.807, 2.05) is 0 Å². The number of carbonyl (C=O) groups is 5. The molecule has 69 heavy (non-hydrogen) atoms. The number of amides is 2. The van der Waals surface area contributed by atoms with Crippen LogP contribution in [0.25, 0.3) is 66.8 Å². The molecule has 342 valence electrons. The Labute approximate surface area is 397 Å². The van der Waals surface area contributed by atoms with Gasteiger partial charge in [0.25, 0.3) is 11.8 Å². The quantitative estimate of drug-likeness (QED) is 0.0444. The summed E-state index contributed by atoms with van der Waals surface area (Å²) in [4.78, 5) is 76.7. The summed E-state index contributed by atoms with van der Waals surface area (Å²) in [5, 5.41) is 55.2. The SMILES string of the molecule is N=c1ccc2c(-c3c(Cl)cc(C(=O)NCc4ccc(C(=O)NCc5c(O)ccc6c(-c7ccc(C(=O)O)cc7C(=O)O)c7ccc(=O)cc-7oc56)cc4)c(Cl)c3C(=O)O)c3ccc(N)cc3oc-2c1. The summed E-state index contributed by atoms with van der Waals surface area (Å²) in [6.45, 7) is -0.386. The molecular formula is C51H32Cl2N4O12. The van der Waals surface area contributed by atoms with Crippen molar-refractivity contribution in [2.75, 3.05) is 5.73 Å². The number of benzene rings is 7. The van der Waals surface area contributed by atoms with E-state index in [0.717, 1.165) is 6.07 Å². The van der Waals surface area contributed by atoms with E-state index in [1.165, 1.54) is 72.8 Å². The molecule has 5 aromatic carbocycles. The molecule has 0 saturated heterocycles. The van der Waals surface area contributed by atoms with Crippen LogP contribution in [0.3, 0.4) is 0 Å². The van der Waals surface area contributed by atoms with Crippen molar-refractivity contribution in [1.82, 2.24) is 10.6 Å². The Balaban J connectivity index is 0.964. The van der Waals surface area contributed by atoms with Crippen LogP contribution in [0.2, 0.25) is 10.0 Å². The van der Waals surface area contributed by atoms with Crippen molar-refractivity contribution in [3.8, 4) is 50.7 Å². The second-order valence-corrected chi connectivity index (χ2v) is 16.5. The van der Waals surface area contributed by atoms with Gasteiger partial charge in [-0.05, 0) is 90.0 Å². The molecule has 0 aromatic heterocycles. The Morgan fingerprint density at radius 2 is 1.28 bits per heavy atom. The first-order chi connectivity index (χ1) is 33.0. The summed E-state index contributed by atoms with van der Waals surface area (Å²) in [6, 6.07) is 27.1. The van der Waals surface area contributed by atoms with Gasteiger partial charge in [0, 0.05) is 74.6 Å². The zero-order valence-electron chi connectivity index (χ0n) is 35.3. The number of fused-ring (bicyclic) bond motifs is 4. The number of halogens is 2. The van der Waals surface area contributed by atoms with E-state index in [2.05, 4.69) is 10.6 Å². The summed E-state index contributed by atoms with van der Waals surface area (Å²) < 4.78 is 12.2. The molecule has 0 atom stereocenters. The predicted molar refractivity (Wildman–Crippen MR) is 254 cm³/mol. The van der Waals surface area contributed by atoms with Crippen molar-refractivity contribution < 1.29 is 53.2 Å². The number of phenols is 1. The number of nitrogens with one attached hydrogen (secondary N) is 3. The number of carbonyl (C=O) groups excluding carboxylic acids is 2. The number of nitrogens with two attached hydrogens (primary N) is 1. The largest absolute Gasteiger partial charge is 0.507 e. The van der Waals surface area contributed by atoms with Gasteiger partial charge in [-0.15, -0.1) is 0 Å². The standard InChI is InChI=1S/C51H32Cl2N4O12/c52-36-19-34(45(53)44(51(66)67)43(36)42-30-10-6-25(54)16-38(30)68-39-17-26(55)7-11-31(39)42)48(61)56-20-22-1-3-23(4-2-22)47(60)57-21-35-37(59)14-13-32-41(29-12-8-27(58)18-40(29)69-46(32)35)28-9-5-24(49(62)63)15-33(28)50(64)65/h1-19,54,59H,20-21,55H2,(H,56,61)(H,57,60)(H,62,63)(H,64,65)(H,66,67). The van der Waals surface area contributed by atoms with Crippen molar-refractivity contribution >= 4 is 80.6 Å². The minimum Gasteiger partial charge on any atom is -0.507 e. The third-order valence-corrected chi connectivity index (χ3v) is 12.2. The third kappa shape index (κ3) is 8.30. The molecule has 5 aromatic rings. The molecule has 0 fully saturated rings. The topological polar surface area (TPSA) is 284 Å². The highest BCUT2D eigenvalue weighted by atomic mass is 35.5. The molecule has 9 N–H and O–H groups in total. The molecule has 18 heteroatoms. The number of aromatic carboxylic acids is 3. The maximum Gasteiger partial charge on any atom is 0.337 e. The van der Waals surface area contributed by atoms with E-state index >= 15 is 0 Å². The number of carboxylic acid groups (broad SMARTS) is 3. The fourth-order valence-corrected chi connectivity index (χ4v) is 8.86. The van der Waals surface area contributed by atoms with E-state index in [4.69, 9.17) is 43.2 Å². The smallest absolute Gasteiger partial charge is 0.337 e. The number of hydrogen-bond donors (Lipinski definition) is 8. The van der Waals surface area contributed by atoms with E-state index in [0.29, 0.717) is 44.3 Å². The van der Waals surface area contributed by atoms with Crippen LogP contribution < -0.4 is 27.2 Å². The maximum atomic E-state index is 13.7. The number of phenolic OH excluding ortho intramolecular Hbond substituents is 1.